The fraction of sp³-hybridized carbons (Fsp3) is 0.222. The third-order valence-corrected chi connectivity index (χ3v) is 5.34. The molecule has 0 aromatic heterocycles. The van der Waals surface area contributed by atoms with Gasteiger partial charge in [0.1, 0.15) is 5.82 Å². The van der Waals surface area contributed by atoms with Crippen molar-refractivity contribution in [2.24, 2.45) is 0 Å². The Morgan fingerprint density at radius 1 is 1.32 bits per heavy atom. The van der Waals surface area contributed by atoms with Gasteiger partial charge in [0.05, 0.1) is 5.56 Å². The molecular formula is C9H10FNO6S2. The van der Waals surface area contributed by atoms with Gasteiger partial charge in [0.15, 0.2) is 14.9 Å². The maximum Gasteiger partial charge on any atom is 0.338 e. The number of carboxylic acids is 1. The number of carboxylic acid groups (broad SMARTS) is 1. The summed E-state index contributed by atoms with van der Waals surface area (Å²) in [5, 5.41) is 7.51. The van der Waals surface area contributed by atoms with E-state index in [-0.39, 0.29) is 5.69 Å². The molecule has 0 atom stereocenters. The summed E-state index contributed by atoms with van der Waals surface area (Å²) in [7, 11) is -7.98. The Balaban J connectivity index is 3.07. The lowest BCUT2D eigenvalue weighted by Crippen LogP contribution is -2.22. The minimum absolute atomic E-state index is 0.234. The van der Waals surface area contributed by atoms with Crippen LogP contribution < -0.4 is 4.72 Å². The summed E-state index contributed by atoms with van der Waals surface area (Å²) in [4.78, 5) is 10.7. The average Bonchev–Trinajstić information content (AvgIpc) is 2.16. The Labute approximate surface area is 109 Å². The fourth-order valence-electron chi connectivity index (χ4n) is 1.24. The van der Waals surface area contributed by atoms with Crippen LogP contribution in [0, 0.1) is 5.82 Å². The van der Waals surface area contributed by atoms with Crippen LogP contribution in [-0.2, 0) is 19.9 Å². The van der Waals surface area contributed by atoms with Crippen LogP contribution >= 0.6 is 0 Å². The zero-order chi connectivity index (χ0) is 14.8. The minimum Gasteiger partial charge on any atom is -0.478 e. The smallest absolute Gasteiger partial charge is 0.338 e. The molecule has 2 N–H and O–H groups in total. The molecule has 0 aliphatic rings. The van der Waals surface area contributed by atoms with Crippen LogP contribution in [0.3, 0.4) is 0 Å². The van der Waals surface area contributed by atoms with Gasteiger partial charge in [-0.15, -0.1) is 0 Å². The Morgan fingerprint density at radius 2 is 1.89 bits per heavy atom. The van der Waals surface area contributed by atoms with Gasteiger partial charge >= 0.3 is 5.97 Å². The summed E-state index contributed by atoms with van der Waals surface area (Å²) in [6.07, 6.45) is 0.736. The number of anilines is 1. The predicted molar refractivity (Wildman–Crippen MR) is 65.6 cm³/mol. The van der Waals surface area contributed by atoms with Crippen LogP contribution in [0.5, 0.6) is 0 Å². The van der Waals surface area contributed by atoms with E-state index in [2.05, 4.69) is 0 Å². The topological polar surface area (TPSA) is 118 Å². The van der Waals surface area contributed by atoms with Gasteiger partial charge in [-0.3, -0.25) is 4.72 Å². The van der Waals surface area contributed by atoms with Crippen LogP contribution in [0.15, 0.2) is 18.2 Å². The second kappa shape index (κ2) is 5.13. The molecule has 0 radical (unpaired) electrons. The molecule has 0 aliphatic carbocycles. The zero-order valence-electron chi connectivity index (χ0n) is 9.62. The third-order valence-electron chi connectivity index (χ3n) is 1.84. The van der Waals surface area contributed by atoms with E-state index < -0.39 is 42.3 Å². The molecule has 0 aliphatic heterocycles. The maximum atomic E-state index is 13.1. The average molecular weight is 311 g/mol. The molecule has 19 heavy (non-hydrogen) atoms. The molecule has 1 aromatic rings. The summed E-state index contributed by atoms with van der Waals surface area (Å²) in [6.45, 7) is 0. The quantitative estimate of drug-likeness (QED) is 0.806. The number of carbonyl (C=O) groups is 1. The number of halogens is 1. The Kier molecular flexibility index (Phi) is 4.15. The molecule has 1 rings (SSSR count). The van der Waals surface area contributed by atoms with Crippen LogP contribution in [0.1, 0.15) is 10.4 Å². The number of sulfonamides is 1. The third kappa shape index (κ3) is 4.83. The second-order valence-corrected chi connectivity index (χ2v) is 7.99. The lowest BCUT2D eigenvalue weighted by atomic mass is 10.2. The van der Waals surface area contributed by atoms with Crippen molar-refractivity contribution < 1.29 is 31.1 Å². The summed E-state index contributed by atoms with van der Waals surface area (Å²) in [6, 6.07) is 2.51. The molecule has 0 saturated carbocycles. The van der Waals surface area contributed by atoms with E-state index in [1.807, 2.05) is 4.72 Å². The number of rotatable bonds is 5. The number of sulfone groups is 1. The van der Waals surface area contributed by atoms with Crippen molar-refractivity contribution in [3.8, 4) is 0 Å². The highest BCUT2D eigenvalue weighted by molar-refractivity contribution is 8.08. The molecule has 10 heteroatoms. The van der Waals surface area contributed by atoms with Gasteiger partial charge < -0.3 is 5.11 Å². The first-order chi connectivity index (χ1) is 8.50. The lowest BCUT2D eigenvalue weighted by molar-refractivity contribution is 0.0692. The number of hydrogen-bond acceptors (Lipinski definition) is 5. The highest BCUT2D eigenvalue weighted by Gasteiger charge is 2.19. The number of hydrogen-bond donors (Lipinski definition) is 2. The van der Waals surface area contributed by atoms with Gasteiger partial charge in [0.25, 0.3) is 0 Å². The molecule has 7 nitrogen and oxygen atoms in total. The van der Waals surface area contributed by atoms with Crippen molar-refractivity contribution >= 4 is 31.5 Å². The standard InChI is InChI=1S/C9H10FNO6S2/c1-18(14,15)5-19(16,17)11-6-2-3-8(10)7(4-6)9(12)13/h2-4,11H,5H2,1H3,(H,12,13). The first-order valence-electron chi connectivity index (χ1n) is 4.71. The van der Waals surface area contributed by atoms with E-state index in [1.165, 1.54) is 0 Å². The van der Waals surface area contributed by atoms with Crippen LogP contribution in [-0.4, -0.2) is 39.3 Å². The Bertz CT molecular complexity index is 710. The molecule has 0 saturated heterocycles. The van der Waals surface area contributed by atoms with E-state index in [1.54, 1.807) is 0 Å². The van der Waals surface area contributed by atoms with Gasteiger partial charge in [-0.05, 0) is 18.2 Å². The second-order valence-electron chi connectivity index (χ2n) is 3.76. The molecule has 0 amide bonds. The largest absolute Gasteiger partial charge is 0.478 e. The summed E-state index contributed by atoms with van der Waals surface area (Å²) >= 11 is 0. The van der Waals surface area contributed by atoms with Crippen LogP contribution in [0.4, 0.5) is 10.1 Å². The van der Waals surface area contributed by atoms with Crippen molar-refractivity contribution in [2.45, 2.75) is 0 Å². The van der Waals surface area contributed by atoms with Crippen molar-refractivity contribution in [2.75, 3.05) is 16.1 Å². The summed E-state index contributed by atoms with van der Waals surface area (Å²) < 4.78 is 59.6. The van der Waals surface area contributed by atoms with Crippen LogP contribution in [0.25, 0.3) is 0 Å². The monoisotopic (exact) mass is 311 g/mol. The van der Waals surface area contributed by atoms with Gasteiger partial charge in [-0.1, -0.05) is 0 Å². The molecule has 0 bridgehead atoms. The van der Waals surface area contributed by atoms with Gasteiger partial charge in [-0.2, -0.15) is 0 Å². The molecule has 1 aromatic carbocycles. The van der Waals surface area contributed by atoms with E-state index in [0.717, 1.165) is 24.5 Å². The Hall–Kier alpha value is -1.68. The van der Waals surface area contributed by atoms with Gasteiger partial charge in [0.2, 0.25) is 10.0 Å². The zero-order valence-corrected chi connectivity index (χ0v) is 11.3. The first kappa shape index (κ1) is 15.4. The highest BCUT2D eigenvalue weighted by atomic mass is 32.3. The fourth-order valence-corrected chi connectivity index (χ4v) is 4.22. The molecule has 0 spiro atoms. The predicted octanol–water partition coefficient (Wildman–Crippen LogP) is 0.268. The van der Waals surface area contributed by atoms with Gasteiger partial charge in [0, 0.05) is 11.9 Å². The Morgan fingerprint density at radius 3 is 2.37 bits per heavy atom. The molecule has 0 fully saturated rings. The molecular weight excluding hydrogens is 301 g/mol. The van der Waals surface area contributed by atoms with Crippen molar-refractivity contribution in [1.82, 2.24) is 0 Å². The van der Waals surface area contributed by atoms with E-state index in [0.29, 0.717) is 0 Å². The number of nitrogens with one attached hydrogen (secondary N) is 1. The molecule has 0 heterocycles. The van der Waals surface area contributed by atoms with Crippen molar-refractivity contribution in [3.63, 3.8) is 0 Å². The lowest BCUT2D eigenvalue weighted by Gasteiger charge is -2.08. The highest BCUT2D eigenvalue weighted by Crippen LogP contribution is 2.16. The number of aromatic carboxylic acids is 1. The van der Waals surface area contributed by atoms with E-state index in [9.17, 15) is 26.0 Å². The molecule has 0 unspecified atom stereocenters. The maximum absolute atomic E-state index is 13.1. The first-order valence-corrected chi connectivity index (χ1v) is 8.42. The molecule has 106 valence electrons. The van der Waals surface area contributed by atoms with E-state index >= 15 is 0 Å². The normalized spacial score (nSPS) is 12.1. The van der Waals surface area contributed by atoms with E-state index in [4.69, 9.17) is 5.11 Å². The summed E-state index contributed by atoms with van der Waals surface area (Å²) in [5.74, 6) is -2.60. The van der Waals surface area contributed by atoms with Crippen molar-refractivity contribution in [3.05, 3.63) is 29.6 Å². The summed E-state index contributed by atoms with van der Waals surface area (Å²) in [5.41, 5.74) is -0.956. The van der Waals surface area contributed by atoms with Gasteiger partial charge in [-0.25, -0.2) is 26.0 Å². The SMILES string of the molecule is CS(=O)(=O)CS(=O)(=O)Nc1ccc(F)c(C(=O)O)c1. The number of benzene rings is 1. The van der Waals surface area contributed by atoms with Crippen molar-refractivity contribution in [1.29, 1.82) is 0 Å². The van der Waals surface area contributed by atoms with Crippen LogP contribution in [0.2, 0.25) is 0 Å². The minimum atomic E-state index is -4.20.